The molecule has 4 nitrogen and oxygen atoms in total. The van der Waals surface area contributed by atoms with Gasteiger partial charge in [0.1, 0.15) is 0 Å². The van der Waals surface area contributed by atoms with Gasteiger partial charge in [-0.3, -0.25) is 9.59 Å². The van der Waals surface area contributed by atoms with Crippen LogP contribution >= 0.6 is 35.3 Å². The summed E-state index contributed by atoms with van der Waals surface area (Å²) in [5, 5.41) is 5.98. The SMILES string of the molecule is CC[C@@H](C)c1ccc(NC(=O)CSc2ccc(Sc3ccc(SCC(=O)Nc4ccc([C@@H](C)CC)cc4)cc3)cc2)cc1. The van der Waals surface area contributed by atoms with Crippen LogP contribution in [0, 0.1) is 0 Å². The van der Waals surface area contributed by atoms with Crippen LogP contribution in [0.1, 0.15) is 63.5 Å². The summed E-state index contributed by atoms with van der Waals surface area (Å²) in [4.78, 5) is 29.3. The molecule has 0 bridgehead atoms. The third kappa shape index (κ3) is 10.5. The van der Waals surface area contributed by atoms with Crippen molar-refractivity contribution in [3.05, 3.63) is 108 Å². The van der Waals surface area contributed by atoms with Gasteiger partial charge in [-0.05, 0) is 109 Å². The molecule has 224 valence electrons. The zero-order valence-electron chi connectivity index (χ0n) is 25.3. The summed E-state index contributed by atoms with van der Waals surface area (Å²) >= 11 is 4.75. The van der Waals surface area contributed by atoms with Crippen LogP contribution in [0.2, 0.25) is 0 Å². The predicted molar refractivity (Wildman–Crippen MR) is 186 cm³/mol. The van der Waals surface area contributed by atoms with Crippen molar-refractivity contribution in [2.75, 3.05) is 22.1 Å². The lowest BCUT2D eigenvalue weighted by Gasteiger charge is -2.11. The van der Waals surface area contributed by atoms with Gasteiger partial charge in [-0.25, -0.2) is 0 Å². The van der Waals surface area contributed by atoms with Crippen LogP contribution < -0.4 is 10.6 Å². The summed E-state index contributed by atoms with van der Waals surface area (Å²) in [6.45, 7) is 8.78. The van der Waals surface area contributed by atoms with Gasteiger partial charge < -0.3 is 10.6 Å². The molecule has 0 fully saturated rings. The first kappa shape index (κ1) is 32.8. The molecule has 4 aromatic rings. The van der Waals surface area contributed by atoms with Crippen molar-refractivity contribution >= 4 is 58.5 Å². The van der Waals surface area contributed by atoms with E-state index < -0.39 is 0 Å². The summed E-state index contributed by atoms with van der Waals surface area (Å²) in [7, 11) is 0. The Labute approximate surface area is 269 Å². The highest BCUT2D eigenvalue weighted by atomic mass is 32.2. The maximum atomic E-state index is 12.4. The van der Waals surface area contributed by atoms with E-state index in [4.69, 9.17) is 0 Å². The standard InChI is InChI=1S/C36H40N2O2S3/c1-5-25(3)27-7-11-29(12-8-27)37-35(39)23-41-31-15-19-33(20-16-31)43-34-21-17-32(18-22-34)42-24-36(40)38-30-13-9-28(10-14-30)26(4)6-2/h7-22,25-26H,5-6,23-24H2,1-4H3,(H,37,39)(H,38,40)/t25-,26+. The molecule has 2 atom stereocenters. The minimum absolute atomic E-state index is 0.00841. The zero-order valence-corrected chi connectivity index (χ0v) is 27.7. The molecule has 0 unspecified atom stereocenters. The van der Waals surface area contributed by atoms with Crippen LogP contribution in [0.4, 0.5) is 11.4 Å². The number of hydrogen-bond donors (Lipinski definition) is 2. The number of carbonyl (C=O) groups excluding carboxylic acids is 2. The van der Waals surface area contributed by atoms with E-state index in [1.807, 2.05) is 24.3 Å². The smallest absolute Gasteiger partial charge is 0.234 e. The first-order valence-corrected chi connectivity index (χ1v) is 17.5. The number of hydrogen-bond acceptors (Lipinski definition) is 5. The molecular weight excluding hydrogens is 589 g/mol. The van der Waals surface area contributed by atoms with Crippen molar-refractivity contribution in [3.63, 3.8) is 0 Å². The van der Waals surface area contributed by atoms with Gasteiger partial charge in [-0.2, -0.15) is 0 Å². The summed E-state index contributed by atoms with van der Waals surface area (Å²) in [6.07, 6.45) is 2.20. The van der Waals surface area contributed by atoms with E-state index >= 15 is 0 Å². The molecule has 0 aromatic heterocycles. The van der Waals surface area contributed by atoms with Gasteiger partial charge in [-0.1, -0.05) is 63.7 Å². The molecule has 4 rings (SSSR count). The van der Waals surface area contributed by atoms with Gasteiger partial charge in [-0.15, -0.1) is 23.5 Å². The Balaban J connectivity index is 1.18. The summed E-state index contributed by atoms with van der Waals surface area (Å²) in [6, 6.07) is 32.8. The normalized spacial score (nSPS) is 12.4. The fourth-order valence-electron chi connectivity index (χ4n) is 4.30. The number of carbonyl (C=O) groups is 2. The maximum absolute atomic E-state index is 12.4. The number of nitrogens with one attached hydrogen (secondary N) is 2. The number of anilines is 2. The minimum atomic E-state index is -0.00841. The van der Waals surface area contributed by atoms with Gasteiger partial charge in [0.15, 0.2) is 0 Å². The van der Waals surface area contributed by atoms with Crippen molar-refractivity contribution in [2.24, 2.45) is 0 Å². The van der Waals surface area contributed by atoms with Crippen molar-refractivity contribution in [3.8, 4) is 0 Å². The van der Waals surface area contributed by atoms with Crippen LogP contribution in [0.15, 0.2) is 117 Å². The Kier molecular flexibility index (Phi) is 12.7. The summed E-state index contributed by atoms with van der Waals surface area (Å²) in [5.41, 5.74) is 4.25. The number of amides is 2. The highest BCUT2D eigenvalue weighted by molar-refractivity contribution is 8.00. The largest absolute Gasteiger partial charge is 0.325 e. The zero-order chi connectivity index (χ0) is 30.6. The second kappa shape index (κ2) is 16.6. The van der Waals surface area contributed by atoms with Gasteiger partial charge in [0.2, 0.25) is 11.8 Å². The molecule has 0 saturated heterocycles. The van der Waals surface area contributed by atoms with Crippen LogP contribution in [0.5, 0.6) is 0 Å². The Hall–Kier alpha value is -3.13. The lowest BCUT2D eigenvalue weighted by Crippen LogP contribution is -2.13. The van der Waals surface area contributed by atoms with Crippen LogP contribution in [0.25, 0.3) is 0 Å². The van der Waals surface area contributed by atoms with Gasteiger partial charge >= 0.3 is 0 Å². The number of thioether (sulfide) groups is 2. The molecule has 0 aliphatic rings. The average Bonchev–Trinajstić information content (AvgIpc) is 3.04. The molecule has 4 aromatic carbocycles. The maximum Gasteiger partial charge on any atom is 0.234 e. The van der Waals surface area contributed by atoms with E-state index in [0.717, 1.165) is 43.8 Å². The molecule has 0 saturated carbocycles. The van der Waals surface area contributed by atoms with E-state index in [1.54, 1.807) is 11.8 Å². The Morgan fingerprint density at radius 3 is 1.19 bits per heavy atom. The second-order valence-corrected chi connectivity index (χ2v) is 13.8. The van der Waals surface area contributed by atoms with Crippen molar-refractivity contribution in [2.45, 2.75) is 72.0 Å². The molecule has 7 heteroatoms. The molecule has 2 N–H and O–H groups in total. The number of rotatable bonds is 14. The Morgan fingerprint density at radius 1 is 0.535 bits per heavy atom. The van der Waals surface area contributed by atoms with Crippen LogP contribution in [-0.2, 0) is 9.59 Å². The second-order valence-electron chi connectivity index (χ2n) is 10.6. The Bertz CT molecular complexity index is 1340. The first-order valence-electron chi connectivity index (χ1n) is 14.8. The van der Waals surface area contributed by atoms with E-state index in [2.05, 4.69) is 111 Å². The molecule has 0 spiro atoms. The molecule has 2 amide bonds. The molecule has 0 aliphatic heterocycles. The highest BCUT2D eigenvalue weighted by Crippen LogP contribution is 2.31. The van der Waals surface area contributed by atoms with E-state index in [-0.39, 0.29) is 11.8 Å². The van der Waals surface area contributed by atoms with E-state index in [9.17, 15) is 9.59 Å². The van der Waals surface area contributed by atoms with Gasteiger partial charge in [0.05, 0.1) is 11.5 Å². The average molecular weight is 629 g/mol. The number of benzene rings is 4. The predicted octanol–water partition coefficient (Wildman–Crippen LogP) is 10.3. The monoisotopic (exact) mass is 628 g/mol. The summed E-state index contributed by atoms with van der Waals surface area (Å²) in [5.74, 6) is 1.75. The van der Waals surface area contributed by atoms with Crippen molar-refractivity contribution < 1.29 is 9.59 Å². The van der Waals surface area contributed by atoms with Crippen LogP contribution in [0.3, 0.4) is 0 Å². The van der Waals surface area contributed by atoms with E-state index in [1.165, 1.54) is 34.7 Å². The van der Waals surface area contributed by atoms with Crippen molar-refractivity contribution in [1.29, 1.82) is 0 Å². The summed E-state index contributed by atoms with van der Waals surface area (Å²) < 4.78 is 0. The van der Waals surface area contributed by atoms with Crippen LogP contribution in [-0.4, -0.2) is 23.3 Å². The quantitative estimate of drug-likeness (QED) is 0.136. The first-order chi connectivity index (χ1) is 20.8. The third-order valence-electron chi connectivity index (χ3n) is 7.37. The molecule has 0 radical (unpaired) electrons. The lowest BCUT2D eigenvalue weighted by atomic mass is 9.99. The third-order valence-corrected chi connectivity index (χ3v) is 10.4. The molecular formula is C36H40N2O2S3. The fourth-order valence-corrected chi connectivity index (χ4v) is 6.51. The lowest BCUT2D eigenvalue weighted by molar-refractivity contribution is -0.114. The molecule has 43 heavy (non-hydrogen) atoms. The highest BCUT2D eigenvalue weighted by Gasteiger charge is 2.08. The Morgan fingerprint density at radius 2 is 0.860 bits per heavy atom. The fraction of sp³-hybridized carbons (Fsp3) is 0.278. The molecule has 0 aliphatic carbocycles. The minimum Gasteiger partial charge on any atom is -0.325 e. The topological polar surface area (TPSA) is 58.2 Å². The van der Waals surface area contributed by atoms with Gasteiger partial charge in [0, 0.05) is 31.0 Å². The molecule has 0 heterocycles. The van der Waals surface area contributed by atoms with Gasteiger partial charge in [0.25, 0.3) is 0 Å². The van der Waals surface area contributed by atoms with Crippen molar-refractivity contribution in [1.82, 2.24) is 0 Å². The van der Waals surface area contributed by atoms with E-state index in [0.29, 0.717) is 23.3 Å².